The maximum absolute atomic E-state index is 12.7. The smallest absolute Gasteiger partial charge is 0.246 e. The van der Waals surface area contributed by atoms with E-state index in [1.165, 1.54) is 0 Å². The summed E-state index contributed by atoms with van der Waals surface area (Å²) in [7, 11) is 0. The monoisotopic (exact) mass is 331 g/mol. The first kappa shape index (κ1) is 16.8. The van der Waals surface area contributed by atoms with Crippen molar-refractivity contribution in [2.75, 3.05) is 26.2 Å². The molecule has 0 radical (unpaired) electrons. The van der Waals surface area contributed by atoms with Crippen LogP contribution < -0.4 is 5.32 Å². The maximum Gasteiger partial charge on any atom is 0.246 e. The lowest BCUT2D eigenvalue weighted by Crippen LogP contribution is -2.69. The van der Waals surface area contributed by atoms with Crippen LogP contribution in [0.1, 0.15) is 19.4 Å². The van der Waals surface area contributed by atoms with E-state index in [-0.39, 0.29) is 23.6 Å². The molecule has 2 saturated heterocycles. The number of hydrogen-bond donors (Lipinski definition) is 2. The molecule has 0 bridgehead atoms. The van der Waals surface area contributed by atoms with E-state index >= 15 is 0 Å². The van der Waals surface area contributed by atoms with Gasteiger partial charge in [-0.1, -0.05) is 26.0 Å². The first-order valence-electron chi connectivity index (χ1n) is 8.55. The van der Waals surface area contributed by atoms with Crippen LogP contribution in [0, 0.1) is 5.92 Å². The van der Waals surface area contributed by atoms with E-state index in [1.54, 1.807) is 29.2 Å². The molecule has 2 heterocycles. The molecule has 0 unspecified atom stereocenters. The van der Waals surface area contributed by atoms with Crippen LogP contribution in [-0.4, -0.2) is 65.0 Å². The molecule has 3 rings (SSSR count). The second-order valence-corrected chi connectivity index (χ2v) is 7.13. The van der Waals surface area contributed by atoms with Gasteiger partial charge in [-0.3, -0.25) is 14.5 Å². The summed E-state index contributed by atoms with van der Waals surface area (Å²) in [5.41, 5.74) is 0.920. The molecule has 2 fully saturated rings. The van der Waals surface area contributed by atoms with Crippen molar-refractivity contribution < 1.29 is 14.7 Å². The second kappa shape index (κ2) is 6.81. The highest BCUT2D eigenvalue weighted by molar-refractivity contribution is 5.97. The molecule has 0 saturated carbocycles. The molecule has 2 N–H and O–H groups in total. The van der Waals surface area contributed by atoms with Crippen LogP contribution >= 0.6 is 0 Å². The minimum atomic E-state index is -0.519. The highest BCUT2D eigenvalue weighted by atomic mass is 16.3. The maximum atomic E-state index is 12.7. The third-order valence-electron chi connectivity index (χ3n) is 4.66. The van der Waals surface area contributed by atoms with Gasteiger partial charge in [0.25, 0.3) is 0 Å². The average molecular weight is 331 g/mol. The summed E-state index contributed by atoms with van der Waals surface area (Å²) in [4.78, 5) is 29.2. The van der Waals surface area contributed by atoms with Crippen LogP contribution in [0.4, 0.5) is 0 Å². The number of carbonyl (C=O) groups is 2. The Bertz CT molecular complexity index is 614. The minimum absolute atomic E-state index is 0.00290. The third-order valence-corrected chi connectivity index (χ3v) is 4.66. The molecule has 0 aliphatic carbocycles. The Morgan fingerprint density at radius 3 is 2.58 bits per heavy atom. The summed E-state index contributed by atoms with van der Waals surface area (Å²) < 4.78 is 0. The van der Waals surface area contributed by atoms with Gasteiger partial charge in [0.15, 0.2) is 0 Å². The van der Waals surface area contributed by atoms with Gasteiger partial charge in [-0.25, -0.2) is 0 Å². The lowest BCUT2D eigenvalue weighted by Gasteiger charge is -2.45. The van der Waals surface area contributed by atoms with Crippen LogP contribution in [0.2, 0.25) is 0 Å². The zero-order chi connectivity index (χ0) is 17.3. The van der Waals surface area contributed by atoms with E-state index in [0.717, 1.165) is 18.7 Å². The van der Waals surface area contributed by atoms with Crippen molar-refractivity contribution >= 4 is 11.8 Å². The molecule has 0 aromatic heterocycles. The van der Waals surface area contributed by atoms with Gasteiger partial charge in [-0.05, 0) is 23.6 Å². The quantitative estimate of drug-likeness (QED) is 0.848. The Morgan fingerprint density at radius 2 is 1.92 bits per heavy atom. The molecule has 2 amide bonds. The van der Waals surface area contributed by atoms with Gasteiger partial charge in [0.05, 0.1) is 0 Å². The molecule has 2 atom stereocenters. The van der Waals surface area contributed by atoms with Crippen molar-refractivity contribution in [3.63, 3.8) is 0 Å². The van der Waals surface area contributed by atoms with E-state index in [2.05, 4.69) is 24.1 Å². The largest absolute Gasteiger partial charge is 0.508 e. The number of amides is 2. The molecule has 6 nitrogen and oxygen atoms in total. The second-order valence-electron chi connectivity index (χ2n) is 7.13. The predicted molar refractivity (Wildman–Crippen MR) is 90.5 cm³/mol. The van der Waals surface area contributed by atoms with E-state index in [9.17, 15) is 14.7 Å². The number of aromatic hydroxyl groups is 1. The van der Waals surface area contributed by atoms with Gasteiger partial charge in [0.2, 0.25) is 11.8 Å². The SMILES string of the molecule is CC(C)CN1CCN2C(=O)[C@H](Cc3ccc(O)cc3)NC(=O)[C@H]2C1. The summed E-state index contributed by atoms with van der Waals surface area (Å²) in [6, 6.07) is 5.86. The van der Waals surface area contributed by atoms with Crippen LogP contribution in [-0.2, 0) is 16.0 Å². The fraction of sp³-hybridized carbons (Fsp3) is 0.556. The van der Waals surface area contributed by atoms with E-state index in [0.29, 0.717) is 25.4 Å². The van der Waals surface area contributed by atoms with E-state index < -0.39 is 6.04 Å². The predicted octanol–water partition coefficient (Wildman–Crippen LogP) is 0.602. The summed E-state index contributed by atoms with van der Waals surface area (Å²) in [6.45, 7) is 7.30. The summed E-state index contributed by atoms with van der Waals surface area (Å²) in [5.74, 6) is 0.670. The molecule has 0 spiro atoms. The molecular weight excluding hydrogens is 306 g/mol. The Balaban J connectivity index is 1.67. The summed E-state index contributed by atoms with van der Waals surface area (Å²) in [5, 5.41) is 12.2. The van der Waals surface area contributed by atoms with Crippen molar-refractivity contribution in [1.82, 2.24) is 15.1 Å². The number of benzene rings is 1. The minimum Gasteiger partial charge on any atom is -0.508 e. The first-order valence-corrected chi connectivity index (χ1v) is 8.55. The van der Waals surface area contributed by atoms with Gasteiger partial charge in [-0.2, -0.15) is 0 Å². The first-order chi connectivity index (χ1) is 11.4. The van der Waals surface area contributed by atoms with Crippen molar-refractivity contribution in [2.24, 2.45) is 5.92 Å². The Morgan fingerprint density at radius 1 is 1.21 bits per heavy atom. The average Bonchev–Trinajstić information content (AvgIpc) is 2.54. The fourth-order valence-electron chi connectivity index (χ4n) is 3.55. The number of fused-ring (bicyclic) bond motifs is 1. The van der Waals surface area contributed by atoms with Crippen LogP contribution in [0.3, 0.4) is 0 Å². The van der Waals surface area contributed by atoms with Gasteiger partial charge in [0, 0.05) is 32.6 Å². The molecule has 1 aromatic rings. The van der Waals surface area contributed by atoms with Crippen molar-refractivity contribution in [2.45, 2.75) is 32.4 Å². The number of piperazine rings is 2. The van der Waals surface area contributed by atoms with Crippen LogP contribution in [0.15, 0.2) is 24.3 Å². The standard InChI is InChI=1S/C18H25N3O3/c1-12(2)10-20-7-8-21-16(11-20)17(23)19-15(18(21)24)9-13-3-5-14(22)6-4-13/h3-6,12,15-16,22H,7-11H2,1-2H3,(H,19,23)/t15-,16+/m0/s1. The lowest BCUT2D eigenvalue weighted by atomic mass is 9.98. The molecule has 6 heteroatoms. The molecule has 2 aliphatic rings. The van der Waals surface area contributed by atoms with Crippen LogP contribution in [0.5, 0.6) is 5.75 Å². The molecule has 2 aliphatic heterocycles. The van der Waals surface area contributed by atoms with E-state index in [1.807, 2.05) is 0 Å². The van der Waals surface area contributed by atoms with Gasteiger partial charge in [0.1, 0.15) is 17.8 Å². The Labute approximate surface area is 142 Å². The zero-order valence-corrected chi connectivity index (χ0v) is 14.2. The molecule has 1 aromatic carbocycles. The Kier molecular flexibility index (Phi) is 4.76. The van der Waals surface area contributed by atoms with Gasteiger partial charge >= 0.3 is 0 Å². The highest BCUT2D eigenvalue weighted by Crippen LogP contribution is 2.20. The Hall–Kier alpha value is -2.08. The molecule has 130 valence electrons. The molecule has 24 heavy (non-hydrogen) atoms. The number of phenolic OH excluding ortho intramolecular Hbond substituents is 1. The number of nitrogens with zero attached hydrogens (tertiary/aromatic N) is 2. The lowest BCUT2D eigenvalue weighted by molar-refractivity contribution is -0.153. The summed E-state index contributed by atoms with van der Waals surface area (Å²) >= 11 is 0. The van der Waals surface area contributed by atoms with Crippen LogP contribution in [0.25, 0.3) is 0 Å². The normalized spacial score (nSPS) is 24.9. The fourth-order valence-corrected chi connectivity index (χ4v) is 3.55. The number of phenols is 1. The van der Waals surface area contributed by atoms with E-state index in [4.69, 9.17) is 0 Å². The van der Waals surface area contributed by atoms with Crippen molar-refractivity contribution in [1.29, 1.82) is 0 Å². The van der Waals surface area contributed by atoms with Crippen molar-refractivity contribution in [3.05, 3.63) is 29.8 Å². The van der Waals surface area contributed by atoms with Gasteiger partial charge < -0.3 is 15.3 Å². The number of hydrogen-bond acceptors (Lipinski definition) is 4. The zero-order valence-electron chi connectivity index (χ0n) is 14.2. The summed E-state index contributed by atoms with van der Waals surface area (Å²) in [6.07, 6.45) is 0.448. The highest BCUT2D eigenvalue weighted by Gasteiger charge is 2.43. The topological polar surface area (TPSA) is 72.9 Å². The number of carbonyl (C=O) groups excluding carboxylic acids is 2. The van der Waals surface area contributed by atoms with Gasteiger partial charge in [-0.15, -0.1) is 0 Å². The third kappa shape index (κ3) is 3.53. The number of nitrogens with one attached hydrogen (secondary N) is 1. The number of rotatable bonds is 4. The molecular formula is C18H25N3O3. The van der Waals surface area contributed by atoms with Crippen molar-refractivity contribution in [3.8, 4) is 5.75 Å².